The molecule has 0 radical (unpaired) electrons. The first-order valence-corrected chi connectivity index (χ1v) is 6.07. The monoisotopic (exact) mass is 238 g/mol. The zero-order valence-corrected chi connectivity index (χ0v) is 10.2. The number of benzene rings is 3. The molecule has 18 heavy (non-hydrogen) atoms. The Labute approximate surface area is 105 Å². The Balaban J connectivity index is 2.38. The minimum absolute atomic E-state index is 0.316. The quantitative estimate of drug-likeness (QED) is 0.681. The van der Waals surface area contributed by atoms with Crippen molar-refractivity contribution in [3.63, 3.8) is 0 Å². The van der Waals surface area contributed by atoms with Gasteiger partial charge in [-0.05, 0) is 42.0 Å². The van der Waals surface area contributed by atoms with Crippen LogP contribution in [0.5, 0.6) is 11.5 Å². The molecule has 0 aromatic heterocycles. The molecule has 3 aromatic rings. The van der Waals surface area contributed by atoms with Crippen molar-refractivity contribution in [3.05, 3.63) is 48.5 Å². The van der Waals surface area contributed by atoms with Gasteiger partial charge < -0.3 is 9.84 Å². The van der Waals surface area contributed by atoms with Crippen molar-refractivity contribution in [1.29, 1.82) is 0 Å². The molecule has 0 aliphatic carbocycles. The van der Waals surface area contributed by atoms with Gasteiger partial charge in [0.25, 0.3) is 0 Å². The summed E-state index contributed by atoms with van der Waals surface area (Å²) in [5.74, 6) is 1.21. The van der Waals surface area contributed by atoms with Gasteiger partial charge >= 0.3 is 0 Å². The van der Waals surface area contributed by atoms with Crippen LogP contribution >= 0.6 is 0 Å². The number of hydrogen-bond donors (Lipinski definition) is 1. The highest BCUT2D eigenvalue weighted by Crippen LogP contribution is 2.33. The van der Waals surface area contributed by atoms with Crippen LogP contribution in [-0.2, 0) is 0 Å². The number of aromatic hydroxyl groups is 1. The molecule has 90 valence electrons. The van der Waals surface area contributed by atoms with E-state index in [0.717, 1.165) is 27.3 Å². The lowest BCUT2D eigenvalue weighted by Gasteiger charge is -2.09. The van der Waals surface area contributed by atoms with Gasteiger partial charge in [0, 0.05) is 10.8 Å². The Bertz CT molecular complexity index is 717. The van der Waals surface area contributed by atoms with E-state index < -0.39 is 0 Å². The minimum Gasteiger partial charge on any atom is -0.507 e. The fraction of sp³-hybridized carbons (Fsp3) is 0.125. The summed E-state index contributed by atoms with van der Waals surface area (Å²) in [4.78, 5) is 0. The summed E-state index contributed by atoms with van der Waals surface area (Å²) in [6.07, 6.45) is 0. The molecule has 2 nitrogen and oxygen atoms in total. The second-order valence-corrected chi connectivity index (χ2v) is 4.26. The van der Waals surface area contributed by atoms with Crippen LogP contribution in [0.4, 0.5) is 0 Å². The summed E-state index contributed by atoms with van der Waals surface area (Å²) in [5, 5.41) is 13.9. The van der Waals surface area contributed by atoms with E-state index in [1.807, 2.05) is 43.3 Å². The summed E-state index contributed by atoms with van der Waals surface area (Å²) < 4.78 is 5.64. The van der Waals surface area contributed by atoms with Crippen molar-refractivity contribution in [2.75, 3.05) is 6.61 Å². The van der Waals surface area contributed by atoms with Crippen LogP contribution < -0.4 is 4.74 Å². The fourth-order valence-corrected chi connectivity index (χ4v) is 2.29. The van der Waals surface area contributed by atoms with Crippen molar-refractivity contribution in [2.24, 2.45) is 0 Å². The SMILES string of the molecule is CCOc1cccc2cc3c(O)cccc3cc12. The summed E-state index contributed by atoms with van der Waals surface area (Å²) in [6.45, 7) is 2.63. The van der Waals surface area contributed by atoms with Gasteiger partial charge in [-0.25, -0.2) is 0 Å². The first-order valence-electron chi connectivity index (χ1n) is 6.07. The number of hydrogen-bond acceptors (Lipinski definition) is 2. The van der Waals surface area contributed by atoms with E-state index in [-0.39, 0.29) is 0 Å². The molecule has 0 aliphatic rings. The highest BCUT2D eigenvalue weighted by molar-refractivity contribution is 6.02. The van der Waals surface area contributed by atoms with Crippen LogP contribution in [0.1, 0.15) is 6.92 Å². The van der Waals surface area contributed by atoms with Crippen LogP contribution in [0, 0.1) is 0 Å². The molecule has 3 rings (SSSR count). The Kier molecular flexibility index (Phi) is 2.56. The summed E-state index contributed by atoms with van der Waals surface area (Å²) in [7, 11) is 0. The zero-order valence-electron chi connectivity index (χ0n) is 10.2. The predicted octanol–water partition coefficient (Wildman–Crippen LogP) is 4.10. The van der Waals surface area contributed by atoms with Crippen LogP contribution in [0.15, 0.2) is 48.5 Å². The largest absolute Gasteiger partial charge is 0.507 e. The van der Waals surface area contributed by atoms with Crippen molar-refractivity contribution in [2.45, 2.75) is 6.92 Å². The lowest BCUT2D eigenvalue weighted by molar-refractivity contribution is 0.344. The van der Waals surface area contributed by atoms with Gasteiger partial charge in [-0.2, -0.15) is 0 Å². The zero-order chi connectivity index (χ0) is 12.5. The van der Waals surface area contributed by atoms with Crippen molar-refractivity contribution in [3.8, 4) is 11.5 Å². The normalized spacial score (nSPS) is 10.9. The molecule has 0 saturated heterocycles. The Morgan fingerprint density at radius 3 is 2.39 bits per heavy atom. The maximum absolute atomic E-state index is 9.87. The minimum atomic E-state index is 0.316. The van der Waals surface area contributed by atoms with Crippen LogP contribution in [0.3, 0.4) is 0 Å². The van der Waals surface area contributed by atoms with Gasteiger partial charge in [0.2, 0.25) is 0 Å². The highest BCUT2D eigenvalue weighted by atomic mass is 16.5. The molecule has 0 fully saturated rings. The smallest absolute Gasteiger partial charge is 0.127 e. The van der Waals surface area contributed by atoms with E-state index in [1.54, 1.807) is 6.07 Å². The average Bonchev–Trinajstić information content (AvgIpc) is 2.38. The molecule has 0 atom stereocenters. The van der Waals surface area contributed by atoms with E-state index in [9.17, 15) is 5.11 Å². The fourth-order valence-electron chi connectivity index (χ4n) is 2.29. The van der Waals surface area contributed by atoms with Gasteiger partial charge in [0.1, 0.15) is 11.5 Å². The molecule has 2 heteroatoms. The maximum Gasteiger partial charge on any atom is 0.127 e. The molecule has 0 heterocycles. The lowest BCUT2D eigenvalue weighted by Crippen LogP contribution is -1.92. The maximum atomic E-state index is 9.87. The van der Waals surface area contributed by atoms with Crippen LogP contribution in [0.2, 0.25) is 0 Å². The van der Waals surface area contributed by atoms with Gasteiger partial charge in [0.05, 0.1) is 6.61 Å². The summed E-state index contributed by atoms with van der Waals surface area (Å²) in [5.41, 5.74) is 0. The van der Waals surface area contributed by atoms with E-state index in [0.29, 0.717) is 12.4 Å². The third kappa shape index (κ3) is 1.66. The molecule has 0 amide bonds. The second-order valence-electron chi connectivity index (χ2n) is 4.26. The van der Waals surface area contributed by atoms with E-state index >= 15 is 0 Å². The van der Waals surface area contributed by atoms with Crippen molar-refractivity contribution >= 4 is 21.5 Å². The lowest BCUT2D eigenvalue weighted by atomic mass is 10.0. The molecule has 0 saturated carbocycles. The number of rotatable bonds is 2. The summed E-state index contributed by atoms with van der Waals surface area (Å²) >= 11 is 0. The molecule has 1 N–H and O–H groups in total. The predicted molar refractivity (Wildman–Crippen MR) is 74.3 cm³/mol. The van der Waals surface area contributed by atoms with Gasteiger partial charge in [-0.15, -0.1) is 0 Å². The third-order valence-electron chi connectivity index (χ3n) is 3.12. The molecular formula is C16H14O2. The van der Waals surface area contributed by atoms with E-state index in [4.69, 9.17) is 4.74 Å². The molecule has 0 aliphatic heterocycles. The van der Waals surface area contributed by atoms with Crippen molar-refractivity contribution < 1.29 is 9.84 Å². The number of fused-ring (bicyclic) bond motifs is 2. The van der Waals surface area contributed by atoms with Gasteiger partial charge in [0.15, 0.2) is 0 Å². The number of phenolic OH excluding ortho intramolecular Hbond substituents is 1. The highest BCUT2D eigenvalue weighted by Gasteiger charge is 2.05. The first kappa shape index (κ1) is 10.9. The van der Waals surface area contributed by atoms with E-state index in [1.165, 1.54) is 0 Å². The molecular weight excluding hydrogens is 224 g/mol. The molecule has 0 bridgehead atoms. The second kappa shape index (κ2) is 4.22. The topological polar surface area (TPSA) is 29.5 Å². The first-order chi connectivity index (χ1) is 8.79. The summed E-state index contributed by atoms with van der Waals surface area (Å²) in [6, 6.07) is 15.6. The molecule has 3 aromatic carbocycles. The van der Waals surface area contributed by atoms with Gasteiger partial charge in [-0.1, -0.05) is 24.3 Å². The third-order valence-corrected chi connectivity index (χ3v) is 3.12. The van der Waals surface area contributed by atoms with E-state index in [2.05, 4.69) is 6.07 Å². The van der Waals surface area contributed by atoms with Crippen LogP contribution in [-0.4, -0.2) is 11.7 Å². The Hall–Kier alpha value is -2.22. The Morgan fingerprint density at radius 1 is 0.944 bits per heavy atom. The van der Waals surface area contributed by atoms with Crippen LogP contribution in [0.25, 0.3) is 21.5 Å². The average molecular weight is 238 g/mol. The Morgan fingerprint density at radius 2 is 1.61 bits per heavy atom. The van der Waals surface area contributed by atoms with Gasteiger partial charge in [-0.3, -0.25) is 0 Å². The number of phenols is 1. The molecule has 0 spiro atoms. The van der Waals surface area contributed by atoms with Crippen molar-refractivity contribution in [1.82, 2.24) is 0 Å². The standard InChI is InChI=1S/C16H14O2/c1-2-18-16-8-4-6-12-9-13-11(10-14(12)16)5-3-7-15(13)17/h3-10,17H,2H2,1H3. The molecule has 0 unspecified atom stereocenters. The number of ether oxygens (including phenoxy) is 1.